The summed E-state index contributed by atoms with van der Waals surface area (Å²) in [6.07, 6.45) is 5.28. The number of hydrogen-bond acceptors (Lipinski definition) is 3. The molecule has 0 unspecified atom stereocenters. The van der Waals surface area contributed by atoms with E-state index in [4.69, 9.17) is 9.52 Å². The van der Waals surface area contributed by atoms with Crippen LogP contribution in [0.3, 0.4) is 0 Å². The predicted molar refractivity (Wildman–Crippen MR) is 63.1 cm³/mol. The van der Waals surface area contributed by atoms with Gasteiger partial charge in [0.25, 0.3) is 0 Å². The molecule has 1 amide bonds. The van der Waals surface area contributed by atoms with Crippen LogP contribution in [-0.2, 0) is 11.3 Å². The Kier molecular flexibility index (Phi) is 4.20. The second-order valence-corrected chi connectivity index (χ2v) is 4.70. The Morgan fingerprint density at radius 2 is 2.18 bits per heavy atom. The van der Waals surface area contributed by atoms with Crippen molar-refractivity contribution in [3.63, 3.8) is 0 Å². The van der Waals surface area contributed by atoms with Gasteiger partial charge in [-0.15, -0.1) is 0 Å². The third-order valence-electron chi connectivity index (χ3n) is 3.49. The molecule has 17 heavy (non-hydrogen) atoms. The number of carbonyl (C=O) groups is 1. The standard InChI is InChI=1S/C13H19NO3/c15-9-10-3-5-11(6-4-10)13(16)14-8-12-2-1-7-17-12/h1-2,7,10-11,15H,3-6,8-9H2,(H,14,16). The first kappa shape index (κ1) is 12.2. The zero-order valence-corrected chi connectivity index (χ0v) is 9.89. The van der Waals surface area contributed by atoms with Gasteiger partial charge in [-0.25, -0.2) is 0 Å². The first-order chi connectivity index (χ1) is 8.29. The van der Waals surface area contributed by atoms with Crippen LogP contribution in [0.15, 0.2) is 22.8 Å². The van der Waals surface area contributed by atoms with Crippen LogP contribution in [-0.4, -0.2) is 17.6 Å². The molecule has 1 fully saturated rings. The van der Waals surface area contributed by atoms with Crippen LogP contribution in [0, 0.1) is 11.8 Å². The van der Waals surface area contributed by atoms with Crippen molar-refractivity contribution in [3.05, 3.63) is 24.2 Å². The summed E-state index contributed by atoms with van der Waals surface area (Å²) in [4.78, 5) is 11.9. The summed E-state index contributed by atoms with van der Waals surface area (Å²) < 4.78 is 5.16. The van der Waals surface area contributed by atoms with Crippen molar-refractivity contribution in [1.29, 1.82) is 0 Å². The highest BCUT2D eigenvalue weighted by Crippen LogP contribution is 2.28. The zero-order valence-electron chi connectivity index (χ0n) is 9.89. The molecule has 0 aromatic carbocycles. The molecule has 0 bridgehead atoms. The van der Waals surface area contributed by atoms with E-state index < -0.39 is 0 Å². The fourth-order valence-corrected chi connectivity index (χ4v) is 2.34. The maximum absolute atomic E-state index is 11.9. The van der Waals surface area contributed by atoms with E-state index in [0.29, 0.717) is 12.5 Å². The molecular weight excluding hydrogens is 218 g/mol. The molecule has 1 aliphatic rings. The summed E-state index contributed by atoms with van der Waals surface area (Å²) in [6.45, 7) is 0.715. The lowest BCUT2D eigenvalue weighted by molar-refractivity contribution is -0.126. The van der Waals surface area contributed by atoms with Crippen LogP contribution in [0.25, 0.3) is 0 Å². The molecule has 4 heteroatoms. The Morgan fingerprint density at radius 3 is 2.76 bits per heavy atom. The van der Waals surface area contributed by atoms with Gasteiger partial charge in [-0.05, 0) is 43.7 Å². The topological polar surface area (TPSA) is 62.5 Å². The lowest BCUT2D eigenvalue weighted by atomic mass is 9.82. The summed E-state index contributed by atoms with van der Waals surface area (Å²) in [6, 6.07) is 3.66. The number of amides is 1. The van der Waals surface area contributed by atoms with Crippen molar-refractivity contribution in [3.8, 4) is 0 Å². The summed E-state index contributed by atoms with van der Waals surface area (Å²) in [7, 11) is 0. The van der Waals surface area contributed by atoms with E-state index in [0.717, 1.165) is 31.4 Å². The number of carbonyl (C=O) groups excluding carboxylic acids is 1. The van der Waals surface area contributed by atoms with Crippen LogP contribution in [0.1, 0.15) is 31.4 Å². The third kappa shape index (κ3) is 3.33. The van der Waals surface area contributed by atoms with Crippen LogP contribution in [0.4, 0.5) is 0 Å². The Balaban J connectivity index is 1.73. The molecule has 1 aromatic heterocycles. The van der Waals surface area contributed by atoms with Crippen LogP contribution in [0.2, 0.25) is 0 Å². The van der Waals surface area contributed by atoms with E-state index in [-0.39, 0.29) is 18.4 Å². The highest BCUT2D eigenvalue weighted by Gasteiger charge is 2.25. The fraction of sp³-hybridized carbons (Fsp3) is 0.615. The molecule has 0 atom stereocenters. The summed E-state index contributed by atoms with van der Waals surface area (Å²) in [5, 5.41) is 11.9. The van der Waals surface area contributed by atoms with Gasteiger partial charge in [0, 0.05) is 12.5 Å². The molecule has 94 valence electrons. The summed E-state index contributed by atoms with van der Waals surface area (Å²) >= 11 is 0. The lowest BCUT2D eigenvalue weighted by Crippen LogP contribution is -2.33. The van der Waals surface area contributed by atoms with Crippen molar-refractivity contribution in [2.75, 3.05) is 6.61 Å². The zero-order chi connectivity index (χ0) is 12.1. The van der Waals surface area contributed by atoms with Crippen molar-refractivity contribution in [1.82, 2.24) is 5.32 Å². The first-order valence-electron chi connectivity index (χ1n) is 6.20. The number of aliphatic hydroxyl groups is 1. The quantitative estimate of drug-likeness (QED) is 0.837. The van der Waals surface area contributed by atoms with Gasteiger partial charge in [-0.1, -0.05) is 0 Å². The third-order valence-corrected chi connectivity index (χ3v) is 3.49. The normalized spacial score (nSPS) is 24.5. The molecule has 1 aliphatic carbocycles. The largest absolute Gasteiger partial charge is 0.467 e. The van der Waals surface area contributed by atoms with Crippen molar-refractivity contribution in [2.45, 2.75) is 32.2 Å². The molecule has 0 radical (unpaired) electrons. The van der Waals surface area contributed by atoms with E-state index in [1.165, 1.54) is 0 Å². The predicted octanol–water partition coefficient (Wildman–Crippen LogP) is 1.69. The molecule has 0 spiro atoms. The number of nitrogens with one attached hydrogen (secondary N) is 1. The average molecular weight is 237 g/mol. The molecular formula is C13H19NO3. The Bertz CT molecular complexity index is 340. The van der Waals surface area contributed by atoms with Gasteiger partial charge in [0.05, 0.1) is 12.8 Å². The molecule has 0 aliphatic heterocycles. The van der Waals surface area contributed by atoms with E-state index in [1.54, 1.807) is 6.26 Å². The SMILES string of the molecule is O=C(NCc1ccco1)C1CCC(CO)CC1. The van der Waals surface area contributed by atoms with Crippen molar-refractivity contribution in [2.24, 2.45) is 11.8 Å². The number of aliphatic hydroxyl groups excluding tert-OH is 1. The second-order valence-electron chi connectivity index (χ2n) is 4.70. The van der Waals surface area contributed by atoms with Crippen molar-refractivity contribution >= 4 is 5.91 Å². The van der Waals surface area contributed by atoms with E-state index in [2.05, 4.69) is 5.32 Å². The maximum Gasteiger partial charge on any atom is 0.223 e. The van der Waals surface area contributed by atoms with Crippen LogP contribution in [0.5, 0.6) is 0 Å². The molecule has 2 rings (SSSR count). The maximum atomic E-state index is 11.9. The van der Waals surface area contributed by atoms with E-state index in [9.17, 15) is 4.79 Å². The minimum atomic E-state index is 0.104. The van der Waals surface area contributed by atoms with Gasteiger partial charge in [0.1, 0.15) is 5.76 Å². The molecule has 1 heterocycles. The summed E-state index contributed by atoms with van der Waals surface area (Å²) in [5.74, 6) is 1.39. The van der Waals surface area contributed by atoms with Gasteiger partial charge in [-0.3, -0.25) is 4.79 Å². The van der Waals surface area contributed by atoms with Gasteiger partial charge >= 0.3 is 0 Å². The molecule has 4 nitrogen and oxygen atoms in total. The number of hydrogen-bond donors (Lipinski definition) is 2. The monoisotopic (exact) mass is 237 g/mol. The van der Waals surface area contributed by atoms with Gasteiger partial charge in [0.2, 0.25) is 5.91 Å². The smallest absolute Gasteiger partial charge is 0.223 e. The summed E-state index contributed by atoms with van der Waals surface area (Å²) in [5.41, 5.74) is 0. The molecule has 0 saturated heterocycles. The van der Waals surface area contributed by atoms with Gasteiger partial charge in [0.15, 0.2) is 0 Å². The minimum Gasteiger partial charge on any atom is -0.467 e. The Labute approximate surface area is 101 Å². The Morgan fingerprint density at radius 1 is 1.41 bits per heavy atom. The average Bonchev–Trinajstić information content (AvgIpc) is 2.89. The van der Waals surface area contributed by atoms with Gasteiger partial charge in [-0.2, -0.15) is 0 Å². The Hall–Kier alpha value is -1.29. The number of rotatable bonds is 4. The molecule has 2 N–H and O–H groups in total. The lowest BCUT2D eigenvalue weighted by Gasteiger charge is -2.26. The van der Waals surface area contributed by atoms with Crippen molar-refractivity contribution < 1.29 is 14.3 Å². The molecule has 1 saturated carbocycles. The van der Waals surface area contributed by atoms with E-state index in [1.807, 2.05) is 12.1 Å². The highest BCUT2D eigenvalue weighted by atomic mass is 16.3. The fourth-order valence-electron chi connectivity index (χ4n) is 2.34. The van der Waals surface area contributed by atoms with Crippen LogP contribution >= 0.6 is 0 Å². The number of furan rings is 1. The van der Waals surface area contributed by atoms with E-state index >= 15 is 0 Å². The molecule has 1 aromatic rings. The second kappa shape index (κ2) is 5.87. The van der Waals surface area contributed by atoms with Crippen LogP contribution < -0.4 is 5.32 Å². The first-order valence-corrected chi connectivity index (χ1v) is 6.20. The van der Waals surface area contributed by atoms with Gasteiger partial charge < -0.3 is 14.8 Å². The highest BCUT2D eigenvalue weighted by molar-refractivity contribution is 5.78. The minimum absolute atomic E-state index is 0.104.